The van der Waals surface area contributed by atoms with Crippen LogP contribution in [0.5, 0.6) is 5.75 Å². The molecule has 0 unspecified atom stereocenters. The minimum Gasteiger partial charge on any atom is -0.474 e. The zero-order valence-corrected chi connectivity index (χ0v) is 7.63. The molecule has 1 aromatic carbocycles. The first-order chi connectivity index (χ1) is 6.83. The van der Waals surface area contributed by atoms with Crippen molar-refractivity contribution in [3.05, 3.63) is 29.6 Å². The fraction of sp³-hybridized carbons (Fsp3) is 0.222. The van der Waals surface area contributed by atoms with Crippen LogP contribution in [0, 0.1) is 12.7 Å². The van der Waals surface area contributed by atoms with E-state index in [0.717, 1.165) is 18.2 Å². The molecule has 1 rings (SSSR count). The third kappa shape index (κ3) is 2.61. The largest absolute Gasteiger partial charge is 0.501 e. The summed E-state index contributed by atoms with van der Waals surface area (Å²) in [5, 5.41) is 8.08. The number of carboxylic acid groups (broad SMARTS) is 1. The Bertz CT molecular complexity index is 390. The monoisotopic (exact) mass is 220 g/mol. The highest BCUT2D eigenvalue weighted by atomic mass is 19.3. The lowest BCUT2D eigenvalue weighted by Crippen LogP contribution is -2.34. The van der Waals surface area contributed by atoms with Crippen molar-refractivity contribution in [1.82, 2.24) is 0 Å². The van der Waals surface area contributed by atoms with Gasteiger partial charge in [0.2, 0.25) is 0 Å². The Morgan fingerprint density at radius 1 is 1.47 bits per heavy atom. The van der Waals surface area contributed by atoms with Crippen LogP contribution in [0.4, 0.5) is 13.2 Å². The molecule has 0 aliphatic rings. The molecule has 0 aliphatic heterocycles. The van der Waals surface area contributed by atoms with Crippen LogP contribution in [0.25, 0.3) is 0 Å². The highest BCUT2D eigenvalue weighted by Gasteiger charge is 2.42. The summed E-state index contributed by atoms with van der Waals surface area (Å²) in [5.74, 6) is -3.38. The number of carbonyl (C=O) groups is 1. The number of carboxylic acids is 1. The maximum absolute atomic E-state index is 12.7. The first kappa shape index (κ1) is 11.4. The van der Waals surface area contributed by atoms with E-state index in [2.05, 4.69) is 4.74 Å². The van der Waals surface area contributed by atoms with Gasteiger partial charge in [0.15, 0.2) is 0 Å². The summed E-state index contributed by atoms with van der Waals surface area (Å²) in [6, 6.07) is 2.84. The van der Waals surface area contributed by atoms with Gasteiger partial charge in [0.1, 0.15) is 11.6 Å². The third-order valence-corrected chi connectivity index (χ3v) is 1.62. The summed E-state index contributed by atoms with van der Waals surface area (Å²) in [6.07, 6.45) is -4.32. The predicted octanol–water partition coefficient (Wildman–Crippen LogP) is 2.19. The molecule has 0 radical (unpaired) electrons. The van der Waals surface area contributed by atoms with Crippen LogP contribution in [0.1, 0.15) is 5.56 Å². The molecule has 0 bridgehead atoms. The molecule has 15 heavy (non-hydrogen) atoms. The highest BCUT2D eigenvalue weighted by molar-refractivity contribution is 5.73. The van der Waals surface area contributed by atoms with E-state index in [9.17, 15) is 18.0 Å². The molecule has 0 aromatic heterocycles. The molecule has 0 fully saturated rings. The Morgan fingerprint density at radius 3 is 2.53 bits per heavy atom. The maximum Gasteiger partial charge on any atom is 0.501 e. The molecule has 0 saturated heterocycles. The Morgan fingerprint density at radius 2 is 2.07 bits per heavy atom. The second-order valence-corrected chi connectivity index (χ2v) is 2.83. The molecular weight excluding hydrogens is 213 g/mol. The van der Waals surface area contributed by atoms with E-state index in [1.807, 2.05) is 0 Å². The lowest BCUT2D eigenvalue weighted by atomic mass is 10.2. The number of halogens is 3. The lowest BCUT2D eigenvalue weighted by molar-refractivity contribution is -0.210. The Kier molecular flexibility index (Phi) is 2.88. The molecule has 1 aromatic rings. The molecule has 0 heterocycles. The molecule has 3 nitrogen and oxygen atoms in total. The van der Waals surface area contributed by atoms with Crippen LogP contribution in [0.2, 0.25) is 0 Å². The first-order valence-corrected chi connectivity index (χ1v) is 3.89. The molecule has 0 spiro atoms. The van der Waals surface area contributed by atoms with Gasteiger partial charge in [0.25, 0.3) is 0 Å². The SMILES string of the molecule is Cc1cc(OC(F)(F)C(=O)O)ccc1F. The van der Waals surface area contributed by atoms with E-state index in [1.54, 1.807) is 0 Å². The van der Waals surface area contributed by atoms with Gasteiger partial charge in [-0.1, -0.05) is 0 Å². The van der Waals surface area contributed by atoms with Crippen molar-refractivity contribution in [2.75, 3.05) is 0 Å². The van der Waals surface area contributed by atoms with Gasteiger partial charge in [0.05, 0.1) is 0 Å². The summed E-state index contributed by atoms with van der Waals surface area (Å²) >= 11 is 0. The fourth-order valence-electron chi connectivity index (χ4n) is 0.872. The van der Waals surface area contributed by atoms with Crippen LogP contribution in [-0.2, 0) is 4.79 Å². The van der Waals surface area contributed by atoms with Crippen LogP contribution in [-0.4, -0.2) is 17.2 Å². The van der Waals surface area contributed by atoms with Crippen LogP contribution >= 0.6 is 0 Å². The quantitative estimate of drug-likeness (QED) is 0.849. The smallest absolute Gasteiger partial charge is 0.474 e. The van der Waals surface area contributed by atoms with Gasteiger partial charge in [-0.3, -0.25) is 0 Å². The van der Waals surface area contributed by atoms with Crippen molar-refractivity contribution in [1.29, 1.82) is 0 Å². The molecule has 0 saturated carbocycles. The van der Waals surface area contributed by atoms with Gasteiger partial charge in [-0.05, 0) is 30.7 Å². The van der Waals surface area contributed by atoms with E-state index in [0.29, 0.717) is 0 Å². The molecule has 6 heteroatoms. The number of aryl methyl sites for hydroxylation is 1. The molecule has 0 aliphatic carbocycles. The van der Waals surface area contributed by atoms with Crippen LogP contribution < -0.4 is 4.74 Å². The third-order valence-electron chi connectivity index (χ3n) is 1.62. The minimum absolute atomic E-state index is 0.0914. The van der Waals surface area contributed by atoms with Gasteiger partial charge < -0.3 is 9.84 Å². The van der Waals surface area contributed by atoms with E-state index >= 15 is 0 Å². The summed E-state index contributed by atoms with van der Waals surface area (Å²) in [7, 11) is 0. The number of rotatable bonds is 3. The number of hydrogen-bond donors (Lipinski definition) is 1. The lowest BCUT2D eigenvalue weighted by Gasteiger charge is -2.13. The zero-order valence-electron chi connectivity index (χ0n) is 7.63. The predicted molar refractivity (Wildman–Crippen MR) is 44.3 cm³/mol. The van der Waals surface area contributed by atoms with E-state index in [-0.39, 0.29) is 5.56 Å². The van der Waals surface area contributed by atoms with E-state index < -0.39 is 23.6 Å². The average molecular weight is 220 g/mol. The standard InChI is InChI=1S/C9H7F3O3/c1-5-4-6(2-3-7(5)10)15-9(11,12)8(13)14/h2-4H,1H3,(H,13,14). The van der Waals surface area contributed by atoms with Crippen molar-refractivity contribution in [3.63, 3.8) is 0 Å². The number of hydrogen-bond acceptors (Lipinski definition) is 2. The minimum atomic E-state index is -4.32. The first-order valence-electron chi connectivity index (χ1n) is 3.89. The van der Waals surface area contributed by atoms with Crippen molar-refractivity contribution in [3.8, 4) is 5.75 Å². The van der Waals surface area contributed by atoms with Gasteiger partial charge in [-0.15, -0.1) is 0 Å². The van der Waals surface area contributed by atoms with Crippen molar-refractivity contribution < 1.29 is 27.8 Å². The van der Waals surface area contributed by atoms with E-state index in [1.165, 1.54) is 6.92 Å². The molecule has 0 amide bonds. The zero-order chi connectivity index (χ0) is 11.6. The summed E-state index contributed by atoms with van der Waals surface area (Å²) in [4.78, 5) is 10.0. The summed E-state index contributed by atoms with van der Waals surface area (Å²) in [6.45, 7) is 1.35. The normalized spacial score (nSPS) is 11.2. The second kappa shape index (κ2) is 3.80. The van der Waals surface area contributed by atoms with Gasteiger partial charge in [-0.2, -0.15) is 8.78 Å². The Balaban J connectivity index is 2.91. The van der Waals surface area contributed by atoms with Gasteiger partial charge >= 0.3 is 12.1 Å². The van der Waals surface area contributed by atoms with Crippen molar-refractivity contribution >= 4 is 5.97 Å². The van der Waals surface area contributed by atoms with Gasteiger partial charge in [-0.25, -0.2) is 9.18 Å². The number of alkyl halides is 2. The van der Waals surface area contributed by atoms with Crippen molar-refractivity contribution in [2.24, 2.45) is 0 Å². The molecular formula is C9H7F3O3. The fourth-order valence-corrected chi connectivity index (χ4v) is 0.872. The highest BCUT2D eigenvalue weighted by Crippen LogP contribution is 2.23. The Hall–Kier alpha value is -1.72. The number of benzene rings is 1. The average Bonchev–Trinajstić information content (AvgIpc) is 2.10. The van der Waals surface area contributed by atoms with E-state index in [4.69, 9.17) is 5.11 Å². The molecule has 82 valence electrons. The summed E-state index contributed by atoms with van der Waals surface area (Å²) < 4.78 is 41.7. The number of ether oxygens (including phenoxy) is 1. The van der Waals surface area contributed by atoms with Crippen LogP contribution in [0.3, 0.4) is 0 Å². The van der Waals surface area contributed by atoms with Crippen LogP contribution in [0.15, 0.2) is 18.2 Å². The van der Waals surface area contributed by atoms with Gasteiger partial charge in [0, 0.05) is 0 Å². The second-order valence-electron chi connectivity index (χ2n) is 2.83. The Labute approximate surface area is 83.1 Å². The topological polar surface area (TPSA) is 46.5 Å². The maximum atomic E-state index is 12.7. The summed E-state index contributed by atoms with van der Waals surface area (Å²) in [5.41, 5.74) is 0.0914. The van der Waals surface area contributed by atoms with Crippen molar-refractivity contribution in [2.45, 2.75) is 13.0 Å². The number of aliphatic carboxylic acids is 1. The molecule has 1 N–H and O–H groups in total. The molecule has 0 atom stereocenters.